The molecule has 0 bridgehead atoms. The van der Waals surface area contributed by atoms with Crippen molar-refractivity contribution < 1.29 is 4.39 Å². The maximum absolute atomic E-state index is 13.1. The first-order valence-electron chi connectivity index (χ1n) is 8.83. The van der Waals surface area contributed by atoms with Gasteiger partial charge in [-0.05, 0) is 43.3 Å². The molecule has 0 N–H and O–H groups in total. The molecule has 4 rings (SSSR count). The van der Waals surface area contributed by atoms with Crippen molar-refractivity contribution in [1.29, 1.82) is 0 Å². The normalized spacial score (nSPS) is 14.5. The van der Waals surface area contributed by atoms with Crippen LogP contribution in [0.2, 0.25) is 0 Å². The molecule has 0 aliphatic carbocycles. The molecule has 132 valence electrons. The van der Waals surface area contributed by atoms with E-state index < -0.39 is 0 Å². The lowest BCUT2D eigenvalue weighted by atomic mass is 10.1. The molecule has 0 spiro atoms. The number of halogens is 1. The number of anilines is 2. The lowest BCUT2D eigenvalue weighted by molar-refractivity contribution is 0.628. The van der Waals surface area contributed by atoms with E-state index in [1.165, 1.54) is 23.4 Å². The maximum atomic E-state index is 13.1. The molecule has 2 aromatic carbocycles. The third kappa shape index (κ3) is 3.52. The van der Waals surface area contributed by atoms with Gasteiger partial charge >= 0.3 is 0 Å². The molecular formula is C21H21FN4. The molecule has 3 aromatic rings. The third-order valence-corrected chi connectivity index (χ3v) is 4.76. The van der Waals surface area contributed by atoms with Gasteiger partial charge in [0.15, 0.2) is 0 Å². The minimum atomic E-state index is -0.245. The van der Waals surface area contributed by atoms with Crippen molar-refractivity contribution in [2.45, 2.75) is 6.92 Å². The monoisotopic (exact) mass is 348 g/mol. The molecule has 2 heterocycles. The highest BCUT2D eigenvalue weighted by atomic mass is 19.1. The van der Waals surface area contributed by atoms with Gasteiger partial charge in [0.1, 0.15) is 11.6 Å². The Morgan fingerprint density at radius 3 is 2.15 bits per heavy atom. The van der Waals surface area contributed by atoms with Gasteiger partial charge < -0.3 is 9.80 Å². The van der Waals surface area contributed by atoms with E-state index in [4.69, 9.17) is 4.98 Å². The van der Waals surface area contributed by atoms with Gasteiger partial charge in [-0.2, -0.15) is 0 Å². The van der Waals surface area contributed by atoms with Crippen LogP contribution in [-0.2, 0) is 0 Å². The fourth-order valence-corrected chi connectivity index (χ4v) is 3.22. The molecule has 0 unspecified atom stereocenters. The van der Waals surface area contributed by atoms with Crippen molar-refractivity contribution in [2.75, 3.05) is 36.0 Å². The quantitative estimate of drug-likeness (QED) is 0.718. The lowest BCUT2D eigenvalue weighted by Crippen LogP contribution is -2.46. The number of aryl methyl sites for hydroxylation is 1. The van der Waals surface area contributed by atoms with Crippen molar-refractivity contribution in [1.82, 2.24) is 9.97 Å². The number of aromatic nitrogens is 2. The van der Waals surface area contributed by atoms with E-state index >= 15 is 0 Å². The SMILES string of the molecule is Cc1ccc(N2CCN(c3cncc(-c4ccc(F)cc4)n3)CC2)cc1. The molecule has 5 heteroatoms. The van der Waals surface area contributed by atoms with Crippen LogP contribution >= 0.6 is 0 Å². The van der Waals surface area contributed by atoms with Crippen LogP contribution in [0, 0.1) is 12.7 Å². The molecule has 0 radical (unpaired) electrons. The molecule has 1 saturated heterocycles. The van der Waals surface area contributed by atoms with E-state index in [9.17, 15) is 4.39 Å². The summed E-state index contributed by atoms with van der Waals surface area (Å²) in [5, 5.41) is 0. The minimum Gasteiger partial charge on any atom is -0.368 e. The summed E-state index contributed by atoms with van der Waals surface area (Å²) in [6.45, 7) is 5.80. The second kappa shape index (κ2) is 7.12. The number of nitrogens with zero attached hydrogens (tertiary/aromatic N) is 4. The van der Waals surface area contributed by atoms with Gasteiger partial charge in [-0.15, -0.1) is 0 Å². The molecule has 1 fully saturated rings. The molecule has 4 nitrogen and oxygen atoms in total. The molecular weight excluding hydrogens is 327 g/mol. The number of piperazine rings is 1. The summed E-state index contributed by atoms with van der Waals surface area (Å²) in [6.07, 6.45) is 3.52. The van der Waals surface area contributed by atoms with E-state index in [0.29, 0.717) is 0 Å². The summed E-state index contributed by atoms with van der Waals surface area (Å²) >= 11 is 0. The third-order valence-electron chi connectivity index (χ3n) is 4.76. The van der Waals surface area contributed by atoms with Crippen LogP contribution in [0.1, 0.15) is 5.56 Å². The molecule has 0 atom stereocenters. The average molecular weight is 348 g/mol. The average Bonchev–Trinajstić information content (AvgIpc) is 2.69. The largest absolute Gasteiger partial charge is 0.368 e. The van der Waals surface area contributed by atoms with Gasteiger partial charge in [-0.1, -0.05) is 17.7 Å². The second-order valence-corrected chi connectivity index (χ2v) is 6.58. The summed E-state index contributed by atoms with van der Waals surface area (Å²) < 4.78 is 13.1. The number of benzene rings is 2. The number of rotatable bonds is 3. The van der Waals surface area contributed by atoms with Gasteiger partial charge in [0, 0.05) is 37.4 Å². The number of hydrogen-bond donors (Lipinski definition) is 0. The molecule has 1 aromatic heterocycles. The van der Waals surface area contributed by atoms with Gasteiger partial charge in [-0.3, -0.25) is 4.98 Å². The Kier molecular flexibility index (Phi) is 4.52. The zero-order valence-electron chi connectivity index (χ0n) is 14.8. The van der Waals surface area contributed by atoms with Crippen molar-refractivity contribution >= 4 is 11.5 Å². The van der Waals surface area contributed by atoms with E-state index in [-0.39, 0.29) is 5.82 Å². The second-order valence-electron chi connectivity index (χ2n) is 6.58. The highest BCUT2D eigenvalue weighted by Gasteiger charge is 2.19. The Bertz CT molecular complexity index is 869. The summed E-state index contributed by atoms with van der Waals surface area (Å²) in [6, 6.07) is 15.0. The topological polar surface area (TPSA) is 32.3 Å². The lowest BCUT2D eigenvalue weighted by Gasteiger charge is -2.36. The summed E-state index contributed by atoms with van der Waals surface area (Å²) in [5.74, 6) is 0.625. The van der Waals surface area contributed by atoms with Gasteiger partial charge in [0.05, 0.1) is 18.1 Å². The van der Waals surface area contributed by atoms with Crippen molar-refractivity contribution in [3.8, 4) is 11.3 Å². The van der Waals surface area contributed by atoms with Crippen LogP contribution in [0.4, 0.5) is 15.9 Å². The highest BCUT2D eigenvalue weighted by molar-refractivity contribution is 5.60. The first-order valence-corrected chi connectivity index (χ1v) is 8.83. The van der Waals surface area contributed by atoms with Crippen molar-refractivity contribution in [2.24, 2.45) is 0 Å². The fourth-order valence-electron chi connectivity index (χ4n) is 3.22. The van der Waals surface area contributed by atoms with Crippen LogP contribution in [-0.4, -0.2) is 36.1 Å². The predicted octanol–water partition coefficient (Wildman–Crippen LogP) is 3.92. The van der Waals surface area contributed by atoms with Crippen molar-refractivity contribution in [3.05, 3.63) is 72.3 Å². The maximum Gasteiger partial charge on any atom is 0.147 e. The standard InChI is InChI=1S/C21H21FN4/c1-16-2-8-19(9-3-16)25-10-12-26(13-11-25)21-15-23-14-20(24-21)17-4-6-18(22)7-5-17/h2-9,14-15H,10-13H2,1H3. The van der Waals surface area contributed by atoms with Crippen molar-refractivity contribution in [3.63, 3.8) is 0 Å². The van der Waals surface area contributed by atoms with E-state index in [1.807, 2.05) is 0 Å². The first kappa shape index (κ1) is 16.5. The minimum absolute atomic E-state index is 0.245. The van der Waals surface area contributed by atoms with Crippen LogP contribution in [0.5, 0.6) is 0 Å². The Morgan fingerprint density at radius 2 is 1.46 bits per heavy atom. The van der Waals surface area contributed by atoms with E-state index in [0.717, 1.165) is 43.3 Å². The van der Waals surface area contributed by atoms with Crippen LogP contribution < -0.4 is 9.80 Å². The Balaban J connectivity index is 1.47. The van der Waals surface area contributed by atoms with Crippen LogP contribution in [0.15, 0.2) is 60.9 Å². The zero-order chi connectivity index (χ0) is 17.9. The fraction of sp³-hybridized carbons (Fsp3) is 0.238. The van der Waals surface area contributed by atoms with Crippen LogP contribution in [0.3, 0.4) is 0 Å². The van der Waals surface area contributed by atoms with Crippen LogP contribution in [0.25, 0.3) is 11.3 Å². The molecule has 0 amide bonds. The molecule has 1 aliphatic rings. The van der Waals surface area contributed by atoms with Gasteiger partial charge in [0.25, 0.3) is 0 Å². The Labute approximate surface area is 152 Å². The van der Waals surface area contributed by atoms with Gasteiger partial charge in [0.2, 0.25) is 0 Å². The number of hydrogen-bond acceptors (Lipinski definition) is 4. The summed E-state index contributed by atoms with van der Waals surface area (Å²) in [5.41, 5.74) is 4.18. The smallest absolute Gasteiger partial charge is 0.147 e. The highest BCUT2D eigenvalue weighted by Crippen LogP contribution is 2.22. The van der Waals surface area contributed by atoms with Gasteiger partial charge in [-0.25, -0.2) is 9.37 Å². The zero-order valence-corrected chi connectivity index (χ0v) is 14.8. The van der Waals surface area contributed by atoms with E-state index in [1.54, 1.807) is 24.5 Å². The summed E-state index contributed by atoms with van der Waals surface area (Å²) in [4.78, 5) is 13.7. The molecule has 0 saturated carbocycles. The first-order chi connectivity index (χ1) is 12.7. The predicted molar refractivity (Wildman–Crippen MR) is 103 cm³/mol. The van der Waals surface area contributed by atoms with E-state index in [2.05, 4.69) is 46.0 Å². The summed E-state index contributed by atoms with van der Waals surface area (Å²) in [7, 11) is 0. The molecule has 1 aliphatic heterocycles. The Hall–Kier alpha value is -2.95. The molecule has 26 heavy (non-hydrogen) atoms. The Morgan fingerprint density at radius 1 is 0.808 bits per heavy atom.